The Morgan fingerprint density at radius 3 is 2.61 bits per heavy atom. The Labute approximate surface area is 151 Å². The van der Waals surface area contributed by atoms with Crippen LogP contribution in [0.2, 0.25) is 5.02 Å². The van der Waals surface area contributed by atoms with E-state index < -0.39 is 0 Å². The highest BCUT2D eigenvalue weighted by Gasteiger charge is 2.07. The van der Waals surface area contributed by atoms with Crippen LogP contribution in [0.3, 0.4) is 0 Å². The van der Waals surface area contributed by atoms with Gasteiger partial charge in [0.25, 0.3) is 0 Å². The Balaban J connectivity index is 2.25. The van der Waals surface area contributed by atoms with Crippen LogP contribution in [0.5, 0.6) is 11.5 Å². The minimum absolute atomic E-state index is 0.626. The summed E-state index contributed by atoms with van der Waals surface area (Å²) in [4.78, 5) is 6.56. The molecule has 2 rings (SSSR count). The van der Waals surface area contributed by atoms with Crippen molar-refractivity contribution in [3.8, 4) is 11.5 Å². The first kappa shape index (κ1) is 17.8. The molecule has 0 bridgehead atoms. The van der Waals surface area contributed by atoms with Crippen LogP contribution in [-0.2, 0) is 0 Å². The molecule has 0 unspecified atom stereocenters. The van der Waals surface area contributed by atoms with Gasteiger partial charge in [0.15, 0.2) is 0 Å². The lowest BCUT2D eigenvalue weighted by molar-refractivity contribution is 0.478. The quantitative estimate of drug-likeness (QED) is 0.450. The molecule has 0 aliphatic rings. The maximum absolute atomic E-state index is 6.11. The number of aryl methyl sites for hydroxylation is 2. The highest BCUT2D eigenvalue weighted by molar-refractivity contribution is 9.10. The summed E-state index contributed by atoms with van der Waals surface area (Å²) in [5, 5.41) is 0.626. The first-order valence-electron chi connectivity index (χ1n) is 7.39. The molecule has 0 amide bonds. The summed E-state index contributed by atoms with van der Waals surface area (Å²) >= 11 is 9.49. The van der Waals surface area contributed by atoms with Crippen molar-refractivity contribution in [1.29, 1.82) is 0 Å². The first-order valence-corrected chi connectivity index (χ1v) is 8.56. The second-order valence-corrected chi connectivity index (χ2v) is 6.66. The van der Waals surface area contributed by atoms with E-state index in [0.717, 1.165) is 33.6 Å². The van der Waals surface area contributed by atoms with Gasteiger partial charge in [-0.3, -0.25) is 0 Å². The minimum Gasteiger partial charge on any atom is -0.457 e. The molecule has 0 aromatic heterocycles. The summed E-state index contributed by atoms with van der Waals surface area (Å²) in [6.45, 7) is 7.05. The van der Waals surface area contributed by atoms with Gasteiger partial charge >= 0.3 is 0 Å². The highest BCUT2D eigenvalue weighted by atomic mass is 79.9. The maximum atomic E-state index is 6.11. The van der Waals surface area contributed by atoms with Crippen molar-refractivity contribution in [3.63, 3.8) is 0 Å². The highest BCUT2D eigenvalue weighted by Crippen LogP contribution is 2.34. The van der Waals surface area contributed by atoms with Crippen molar-refractivity contribution < 1.29 is 4.74 Å². The molecule has 0 N–H and O–H groups in total. The van der Waals surface area contributed by atoms with E-state index >= 15 is 0 Å². The number of ether oxygens (including phenoxy) is 1. The lowest BCUT2D eigenvalue weighted by Gasteiger charge is -2.13. The Bertz CT molecular complexity index is 731. The Hall–Kier alpha value is -1.52. The largest absolute Gasteiger partial charge is 0.457 e. The summed E-state index contributed by atoms with van der Waals surface area (Å²) in [5.74, 6) is 1.52. The molecule has 0 heterocycles. The molecular weight excluding hydrogens is 376 g/mol. The molecule has 5 heteroatoms. The number of nitrogens with zero attached hydrogens (tertiary/aromatic N) is 2. The van der Waals surface area contributed by atoms with Crippen molar-refractivity contribution in [1.82, 2.24) is 4.90 Å². The van der Waals surface area contributed by atoms with Gasteiger partial charge in [0, 0.05) is 24.1 Å². The summed E-state index contributed by atoms with van der Waals surface area (Å²) in [5.41, 5.74) is 3.04. The van der Waals surface area contributed by atoms with Crippen LogP contribution in [0.25, 0.3) is 0 Å². The predicted molar refractivity (Wildman–Crippen MR) is 102 cm³/mol. The summed E-state index contributed by atoms with van der Waals surface area (Å²) in [6, 6.07) is 9.59. The summed E-state index contributed by atoms with van der Waals surface area (Å²) in [6.07, 6.45) is 1.84. The molecule has 23 heavy (non-hydrogen) atoms. The third-order valence-electron chi connectivity index (χ3n) is 3.51. The van der Waals surface area contributed by atoms with Gasteiger partial charge in [0.2, 0.25) is 0 Å². The van der Waals surface area contributed by atoms with E-state index in [9.17, 15) is 0 Å². The van der Waals surface area contributed by atoms with Crippen LogP contribution in [0, 0.1) is 13.8 Å². The van der Waals surface area contributed by atoms with Crippen molar-refractivity contribution >= 4 is 39.6 Å². The third-order valence-corrected chi connectivity index (χ3v) is 4.74. The van der Waals surface area contributed by atoms with Crippen LogP contribution >= 0.6 is 27.5 Å². The molecule has 0 aliphatic carbocycles. The van der Waals surface area contributed by atoms with E-state index in [2.05, 4.69) is 27.8 Å². The second kappa shape index (κ2) is 7.84. The van der Waals surface area contributed by atoms with E-state index in [0.29, 0.717) is 10.8 Å². The molecular formula is C18H20BrClN2O. The van der Waals surface area contributed by atoms with Crippen LogP contribution in [0.1, 0.15) is 18.1 Å². The number of benzene rings is 2. The molecule has 0 aliphatic heterocycles. The third kappa shape index (κ3) is 4.72. The zero-order valence-electron chi connectivity index (χ0n) is 13.7. The van der Waals surface area contributed by atoms with E-state index in [4.69, 9.17) is 16.3 Å². The van der Waals surface area contributed by atoms with Gasteiger partial charge in [0.05, 0.1) is 17.0 Å². The van der Waals surface area contributed by atoms with Crippen molar-refractivity contribution in [2.24, 2.45) is 4.99 Å². The van der Waals surface area contributed by atoms with E-state index in [1.807, 2.05) is 56.4 Å². The Kier molecular flexibility index (Phi) is 6.08. The first-order chi connectivity index (χ1) is 10.9. The summed E-state index contributed by atoms with van der Waals surface area (Å²) < 4.78 is 6.81. The van der Waals surface area contributed by atoms with Crippen LogP contribution in [-0.4, -0.2) is 24.8 Å². The van der Waals surface area contributed by atoms with Crippen LogP contribution in [0.4, 0.5) is 5.69 Å². The smallest absolute Gasteiger partial charge is 0.130 e. The van der Waals surface area contributed by atoms with Gasteiger partial charge in [0.1, 0.15) is 11.5 Å². The van der Waals surface area contributed by atoms with E-state index in [1.165, 1.54) is 0 Å². The van der Waals surface area contributed by atoms with E-state index in [1.54, 1.807) is 6.07 Å². The van der Waals surface area contributed by atoms with Crippen LogP contribution < -0.4 is 4.74 Å². The molecule has 3 nitrogen and oxygen atoms in total. The average Bonchev–Trinajstić information content (AvgIpc) is 2.52. The fraction of sp³-hybridized carbons (Fsp3) is 0.278. The van der Waals surface area contributed by atoms with Gasteiger partial charge in [-0.05, 0) is 72.1 Å². The zero-order valence-corrected chi connectivity index (χ0v) is 16.1. The topological polar surface area (TPSA) is 24.8 Å². The van der Waals surface area contributed by atoms with Gasteiger partial charge in [-0.25, -0.2) is 4.99 Å². The molecule has 2 aromatic rings. The lowest BCUT2D eigenvalue weighted by Crippen LogP contribution is -2.14. The molecule has 0 fully saturated rings. The van der Waals surface area contributed by atoms with Gasteiger partial charge < -0.3 is 9.64 Å². The molecule has 0 spiro atoms. The minimum atomic E-state index is 0.626. The van der Waals surface area contributed by atoms with Crippen LogP contribution in [0.15, 0.2) is 39.8 Å². The number of aliphatic imine (C=N–C) groups is 1. The fourth-order valence-electron chi connectivity index (χ4n) is 1.93. The predicted octanol–water partition coefficient (Wildman–Crippen LogP) is 6.12. The van der Waals surface area contributed by atoms with Crippen molar-refractivity contribution in [2.75, 3.05) is 13.6 Å². The zero-order chi connectivity index (χ0) is 17.0. The molecule has 0 saturated heterocycles. The number of hydrogen-bond donors (Lipinski definition) is 0. The van der Waals surface area contributed by atoms with Gasteiger partial charge in [-0.15, -0.1) is 0 Å². The molecule has 0 saturated carbocycles. The number of hydrogen-bond acceptors (Lipinski definition) is 2. The fourth-order valence-corrected chi connectivity index (χ4v) is 2.35. The normalized spacial score (nSPS) is 11.0. The molecule has 0 radical (unpaired) electrons. The van der Waals surface area contributed by atoms with E-state index in [-0.39, 0.29) is 0 Å². The number of rotatable bonds is 5. The SMILES string of the molecule is CCN(C)/C=N/c1cc(C)c(Oc2ccc(Br)c(Cl)c2)cc1C. The molecule has 0 atom stereocenters. The van der Waals surface area contributed by atoms with Gasteiger partial charge in [-0.1, -0.05) is 11.6 Å². The Morgan fingerprint density at radius 1 is 1.22 bits per heavy atom. The standard InChI is InChI=1S/C18H20BrClN2O/c1-5-22(4)11-21-17-8-13(3)18(9-12(17)2)23-14-6-7-15(19)16(20)10-14/h6-11H,5H2,1-4H3/b21-11+. The molecule has 122 valence electrons. The summed E-state index contributed by atoms with van der Waals surface area (Å²) in [7, 11) is 2.00. The van der Waals surface area contributed by atoms with Gasteiger partial charge in [-0.2, -0.15) is 0 Å². The Morgan fingerprint density at radius 2 is 1.96 bits per heavy atom. The van der Waals surface area contributed by atoms with Crippen molar-refractivity contribution in [3.05, 3.63) is 51.0 Å². The monoisotopic (exact) mass is 394 g/mol. The van der Waals surface area contributed by atoms with Crippen molar-refractivity contribution in [2.45, 2.75) is 20.8 Å². The second-order valence-electron chi connectivity index (χ2n) is 5.40. The maximum Gasteiger partial charge on any atom is 0.130 e. The molecule has 2 aromatic carbocycles. The lowest BCUT2D eigenvalue weighted by atomic mass is 10.1. The number of halogens is 2. The average molecular weight is 396 g/mol.